The molecule has 0 fully saturated rings. The number of rotatable bonds is 7. The van der Waals surface area contributed by atoms with Crippen LogP contribution in [0.4, 0.5) is 22.7 Å². The van der Waals surface area contributed by atoms with Gasteiger partial charge in [0.25, 0.3) is 0 Å². The summed E-state index contributed by atoms with van der Waals surface area (Å²) in [5.41, 5.74) is 8.39. The van der Waals surface area contributed by atoms with Crippen LogP contribution >= 0.6 is 0 Å². The first-order chi connectivity index (χ1) is 23.0. The molecule has 0 saturated carbocycles. The van der Waals surface area contributed by atoms with Crippen molar-refractivity contribution in [2.24, 2.45) is 4.99 Å². The van der Waals surface area contributed by atoms with E-state index in [9.17, 15) is 13.2 Å². The molecule has 238 valence electrons. The Labute approximate surface area is 279 Å². The van der Waals surface area contributed by atoms with Gasteiger partial charge in [-0.2, -0.15) is 0 Å². The Morgan fingerprint density at radius 3 is 1.73 bits per heavy atom. The van der Waals surface area contributed by atoms with Gasteiger partial charge in [0.05, 0.1) is 27.6 Å². The highest BCUT2D eigenvalue weighted by Gasteiger charge is 2.34. The molecule has 0 unspecified atom stereocenters. The number of carbonyl (C=O) groups is 1. The summed E-state index contributed by atoms with van der Waals surface area (Å²) in [7, 11) is -4.09. The van der Waals surface area contributed by atoms with E-state index in [1.54, 1.807) is 30.3 Å². The van der Waals surface area contributed by atoms with Crippen LogP contribution in [-0.4, -0.2) is 19.9 Å². The van der Waals surface area contributed by atoms with Crippen LogP contribution in [0.2, 0.25) is 0 Å². The number of carbonyl (C=O) groups excluding carboxylic acids is 1. The Morgan fingerprint density at radius 2 is 1.15 bits per heavy atom. The number of nitrogens with zero attached hydrogens (tertiary/aromatic N) is 1. The van der Waals surface area contributed by atoms with Gasteiger partial charge >= 0.3 is 0 Å². The second-order valence-corrected chi connectivity index (χ2v) is 14.1. The topological polar surface area (TPSA) is 101 Å². The molecular formula is C40H33N3O4S. The molecule has 0 spiro atoms. The van der Waals surface area contributed by atoms with E-state index in [2.05, 4.69) is 10.6 Å². The number of anilines is 3. The maximum Gasteiger partial charge on any atom is 0.223 e. The van der Waals surface area contributed by atoms with Crippen LogP contribution < -0.4 is 10.6 Å². The molecule has 0 amide bonds. The van der Waals surface area contributed by atoms with Crippen molar-refractivity contribution >= 4 is 55.1 Å². The highest BCUT2D eigenvalue weighted by molar-refractivity contribution is 7.91. The Balaban J connectivity index is 1.48. The zero-order valence-electron chi connectivity index (χ0n) is 27.0. The van der Waals surface area contributed by atoms with Gasteiger partial charge in [-0.15, -0.1) is 0 Å². The molecule has 7 rings (SSSR count). The van der Waals surface area contributed by atoms with Gasteiger partial charge in [-0.3, -0.25) is 4.79 Å². The molecule has 48 heavy (non-hydrogen) atoms. The number of aliphatic imine (C=N–C) groups is 1. The van der Waals surface area contributed by atoms with Gasteiger partial charge in [-0.25, -0.2) is 13.4 Å². The third kappa shape index (κ3) is 5.94. The molecule has 1 aliphatic carbocycles. The van der Waals surface area contributed by atoms with Crippen molar-refractivity contribution in [3.8, 4) is 0 Å². The number of benzene rings is 5. The maximum atomic E-state index is 14.3. The van der Waals surface area contributed by atoms with Gasteiger partial charge in [-0.05, 0) is 88.4 Å². The number of ketones is 1. The summed E-state index contributed by atoms with van der Waals surface area (Å²) in [5.74, 6) is -0.372. The second kappa shape index (κ2) is 12.1. The fourth-order valence-corrected chi connectivity index (χ4v) is 7.07. The summed E-state index contributed by atoms with van der Waals surface area (Å²) < 4.78 is 34.9. The summed E-state index contributed by atoms with van der Waals surface area (Å²) in [6.45, 7) is 7.91. The van der Waals surface area contributed by atoms with Crippen LogP contribution in [0.5, 0.6) is 0 Å². The van der Waals surface area contributed by atoms with Gasteiger partial charge < -0.3 is 15.1 Å². The second-order valence-electron chi connectivity index (χ2n) is 12.2. The van der Waals surface area contributed by atoms with E-state index in [1.807, 2.05) is 107 Å². The monoisotopic (exact) mass is 651 g/mol. The SMILES string of the molecule is Cc1ccc(N=C2C(Nc3ccc(C)cc3)=CC(=O)c3oc4c(S(=O)(=O)c5ccc(C)cc5)cc(Nc5ccc(C)cc5)cc4c32)cc1. The highest BCUT2D eigenvalue weighted by Crippen LogP contribution is 2.41. The van der Waals surface area contributed by atoms with Gasteiger partial charge in [0, 0.05) is 28.5 Å². The normalized spacial score (nSPS) is 13.8. The molecule has 0 atom stereocenters. The van der Waals surface area contributed by atoms with Gasteiger partial charge in [-0.1, -0.05) is 70.8 Å². The molecule has 5 aromatic carbocycles. The highest BCUT2D eigenvalue weighted by atomic mass is 32.2. The molecule has 1 aromatic heterocycles. The smallest absolute Gasteiger partial charge is 0.223 e. The van der Waals surface area contributed by atoms with Crippen molar-refractivity contribution in [3.05, 3.63) is 155 Å². The summed E-state index contributed by atoms with van der Waals surface area (Å²) >= 11 is 0. The number of allylic oxidation sites excluding steroid dienone is 2. The molecular weight excluding hydrogens is 619 g/mol. The first kappa shape index (κ1) is 30.9. The van der Waals surface area contributed by atoms with Gasteiger partial charge in [0.1, 0.15) is 4.90 Å². The zero-order valence-corrected chi connectivity index (χ0v) is 27.8. The molecule has 0 bridgehead atoms. The van der Waals surface area contributed by atoms with Crippen molar-refractivity contribution < 1.29 is 17.6 Å². The van der Waals surface area contributed by atoms with Crippen molar-refractivity contribution in [3.63, 3.8) is 0 Å². The maximum absolute atomic E-state index is 14.3. The standard InChI is InChI=1S/C40H33N3O4S/c1-24-5-13-28(14-6-24)41-31-21-33-37-38(43-30-17-9-26(3)10-18-30)34(42-29-15-7-25(2)8-16-29)23-35(44)40(37)47-39(33)36(22-31)48(45,46)32-19-11-27(4)12-20-32/h5-23,41-42H,1-4H3. The summed E-state index contributed by atoms with van der Waals surface area (Å²) in [4.78, 5) is 18.9. The molecule has 1 heterocycles. The number of aryl methyl sites for hydroxylation is 4. The lowest BCUT2D eigenvalue weighted by atomic mass is 9.95. The molecule has 0 radical (unpaired) electrons. The first-order valence-corrected chi connectivity index (χ1v) is 17.1. The molecule has 1 aliphatic rings. The van der Waals surface area contributed by atoms with E-state index in [-0.39, 0.29) is 21.1 Å². The zero-order chi connectivity index (χ0) is 33.6. The summed E-state index contributed by atoms with van der Waals surface area (Å²) in [6.07, 6.45) is 1.46. The van der Waals surface area contributed by atoms with Crippen LogP contribution in [0.15, 0.2) is 140 Å². The number of hydrogen-bond donors (Lipinski definition) is 2. The molecule has 0 saturated heterocycles. The van der Waals surface area contributed by atoms with Crippen LogP contribution in [0.1, 0.15) is 38.4 Å². The predicted octanol–water partition coefficient (Wildman–Crippen LogP) is 9.56. The van der Waals surface area contributed by atoms with Crippen molar-refractivity contribution in [1.29, 1.82) is 0 Å². The largest absolute Gasteiger partial charge is 0.450 e. The quantitative estimate of drug-likeness (QED) is 0.178. The number of fused-ring (bicyclic) bond motifs is 3. The van der Waals surface area contributed by atoms with E-state index < -0.39 is 15.6 Å². The molecule has 0 aliphatic heterocycles. The number of hydrogen-bond acceptors (Lipinski definition) is 7. The Morgan fingerprint density at radius 1 is 0.625 bits per heavy atom. The predicted molar refractivity (Wildman–Crippen MR) is 192 cm³/mol. The lowest BCUT2D eigenvalue weighted by Crippen LogP contribution is -2.21. The van der Waals surface area contributed by atoms with E-state index in [1.165, 1.54) is 6.08 Å². The third-order valence-electron chi connectivity index (χ3n) is 8.31. The molecule has 8 heteroatoms. The molecule has 7 nitrogen and oxygen atoms in total. The molecule has 2 N–H and O–H groups in total. The van der Waals surface area contributed by atoms with Crippen molar-refractivity contribution in [2.75, 3.05) is 10.6 Å². The fourth-order valence-electron chi connectivity index (χ4n) is 5.65. The van der Waals surface area contributed by atoms with E-state index in [0.717, 1.165) is 33.6 Å². The Kier molecular flexibility index (Phi) is 7.81. The summed E-state index contributed by atoms with van der Waals surface area (Å²) in [6, 6.07) is 33.4. The van der Waals surface area contributed by atoms with E-state index >= 15 is 0 Å². The lowest BCUT2D eigenvalue weighted by molar-refractivity contribution is 0.102. The van der Waals surface area contributed by atoms with E-state index in [4.69, 9.17) is 9.41 Å². The van der Waals surface area contributed by atoms with Crippen molar-refractivity contribution in [1.82, 2.24) is 0 Å². The number of nitrogens with one attached hydrogen (secondary N) is 2. The Hall–Kier alpha value is -5.73. The average molecular weight is 652 g/mol. The summed E-state index contributed by atoms with van der Waals surface area (Å²) in [5, 5.41) is 7.20. The third-order valence-corrected chi connectivity index (χ3v) is 10.1. The van der Waals surface area contributed by atoms with Crippen molar-refractivity contribution in [2.45, 2.75) is 37.5 Å². The fraction of sp³-hybridized carbons (Fsp3) is 0.100. The van der Waals surface area contributed by atoms with Crippen LogP contribution in [-0.2, 0) is 9.84 Å². The lowest BCUT2D eigenvalue weighted by Gasteiger charge is -2.18. The van der Waals surface area contributed by atoms with Crippen LogP contribution in [0.25, 0.3) is 11.0 Å². The van der Waals surface area contributed by atoms with E-state index in [0.29, 0.717) is 33.7 Å². The van der Waals surface area contributed by atoms with Gasteiger partial charge in [0.15, 0.2) is 11.3 Å². The minimum Gasteiger partial charge on any atom is -0.450 e. The Bertz CT molecular complexity index is 2370. The minimum atomic E-state index is -4.09. The number of furan rings is 1. The van der Waals surface area contributed by atoms with Crippen LogP contribution in [0.3, 0.4) is 0 Å². The average Bonchev–Trinajstić information content (AvgIpc) is 3.46. The van der Waals surface area contributed by atoms with Gasteiger partial charge in [0.2, 0.25) is 15.6 Å². The number of sulfone groups is 1. The first-order valence-electron chi connectivity index (χ1n) is 15.6. The van der Waals surface area contributed by atoms with Crippen LogP contribution in [0, 0.1) is 27.7 Å². The minimum absolute atomic E-state index is 0.0261. The molecule has 6 aromatic rings.